The van der Waals surface area contributed by atoms with Crippen LogP contribution >= 0.6 is 11.3 Å². The maximum Gasteiger partial charge on any atom is -1.00 e. The average molecular weight is 778 g/mol. The van der Waals surface area contributed by atoms with Gasteiger partial charge in [-0.2, -0.15) is 11.3 Å². The molecule has 0 fully saturated rings. The number of fused-ring (bicyclic) bond motifs is 1. The van der Waals surface area contributed by atoms with Crippen molar-refractivity contribution in [3.63, 3.8) is 0 Å². The summed E-state index contributed by atoms with van der Waals surface area (Å²) in [7, 11) is -0.976. The monoisotopic (exact) mass is 775 g/mol. The first kappa shape index (κ1) is 37.1. The summed E-state index contributed by atoms with van der Waals surface area (Å²) in [5.41, 5.74) is 1.47. The van der Waals surface area contributed by atoms with Crippen molar-refractivity contribution in [3.8, 4) is 11.1 Å². The van der Waals surface area contributed by atoms with E-state index in [2.05, 4.69) is 30.8 Å². The number of halogens is 11. The van der Waals surface area contributed by atoms with Gasteiger partial charge < -0.3 is 24.8 Å². The van der Waals surface area contributed by atoms with Gasteiger partial charge in [0.2, 0.25) is 0 Å². The van der Waals surface area contributed by atoms with Gasteiger partial charge in [-0.15, -0.1) is 0 Å². The van der Waals surface area contributed by atoms with E-state index in [-0.39, 0.29) is 46.1 Å². The van der Waals surface area contributed by atoms with E-state index < -0.39 is 37.6 Å². The number of alkyl halides is 9. The van der Waals surface area contributed by atoms with E-state index in [1.807, 2.05) is 30.4 Å². The van der Waals surface area contributed by atoms with E-state index in [1.54, 1.807) is 34.0 Å². The number of rotatable bonds is 2. The Hall–Kier alpha value is -1.33. The standard InChI is InChI=1S/C20H12F9.C10H12SSi.2ClH.Zr/c1-11-9-13-3-2-4-15(16(13)10-11)12-5-7-14(8-6-12)17(18(21,22)23,19(24,25)26)20(27,28)29;1-6-9-7-4-11-5-8(7)10(6)12(9,2)3;;;/h2-10H,1H3;4-5,9H,1-3H3;2*1H;/q;;;;+2/p-2. The van der Waals surface area contributed by atoms with Crippen LogP contribution in [0.5, 0.6) is 0 Å². The van der Waals surface area contributed by atoms with E-state index in [1.165, 1.54) is 24.7 Å². The van der Waals surface area contributed by atoms with Crippen molar-refractivity contribution in [1.82, 2.24) is 0 Å². The Balaban J connectivity index is 0.000000313. The Morgan fingerprint density at radius 2 is 1.27 bits per heavy atom. The molecule has 0 N–H and O–H groups in total. The fourth-order valence-electron chi connectivity index (χ4n) is 6.85. The summed E-state index contributed by atoms with van der Waals surface area (Å²) in [5.74, 6) is 0. The minimum atomic E-state index is -6.63. The molecule has 0 nitrogen and oxygen atoms in total. The van der Waals surface area contributed by atoms with Gasteiger partial charge in [0.05, 0.1) is 8.07 Å². The summed E-state index contributed by atoms with van der Waals surface area (Å²) in [6, 6.07) is 7.41. The fourth-order valence-corrected chi connectivity index (χ4v) is 13.1. The van der Waals surface area contributed by atoms with Gasteiger partial charge in [0, 0.05) is 5.54 Å². The molecule has 0 saturated heterocycles. The van der Waals surface area contributed by atoms with Crippen LogP contribution in [0.4, 0.5) is 39.5 Å². The molecule has 44 heavy (non-hydrogen) atoms. The summed E-state index contributed by atoms with van der Waals surface area (Å²) < 4.78 is 120. The van der Waals surface area contributed by atoms with E-state index in [0.717, 1.165) is 34.4 Å². The molecule has 2 atom stereocenters. The van der Waals surface area contributed by atoms with Gasteiger partial charge in [-0.05, 0) is 28.8 Å². The Morgan fingerprint density at radius 1 is 0.727 bits per heavy atom. The SMILES string of the molecule is CC1=C2c3cscc3C1[Si]2(C)C.CC1=Cc2c(-c3ccc(C(C(F)(F)F)(C(F)(F)F)C(F)(F)F)cc3)cccc2[CH]1[Zr+2].[Cl-].[Cl-]. The van der Waals surface area contributed by atoms with Crippen molar-refractivity contribution in [2.75, 3.05) is 0 Å². The van der Waals surface area contributed by atoms with Crippen molar-refractivity contribution in [3.05, 3.63) is 92.2 Å². The molecule has 0 radical (unpaired) electrons. The molecular weight excluding hydrogens is 754 g/mol. The predicted molar refractivity (Wildman–Crippen MR) is 145 cm³/mol. The zero-order chi connectivity index (χ0) is 31.2. The third kappa shape index (κ3) is 5.32. The minimum Gasteiger partial charge on any atom is -1.00 e. The molecule has 2 aliphatic carbocycles. The summed E-state index contributed by atoms with van der Waals surface area (Å²) >= 11 is 3.07. The van der Waals surface area contributed by atoms with E-state index >= 15 is 0 Å². The zero-order valence-corrected chi connectivity index (χ0v) is 29.3. The van der Waals surface area contributed by atoms with Crippen LogP contribution in [0.15, 0.2) is 64.4 Å². The molecule has 0 spiro atoms. The minimum absolute atomic E-state index is 0. The van der Waals surface area contributed by atoms with Crippen molar-refractivity contribution < 1.29 is 89.0 Å². The summed E-state index contributed by atoms with van der Waals surface area (Å²) in [5, 5.41) is 6.47. The number of benzene rings is 2. The van der Waals surface area contributed by atoms with Gasteiger partial charge in [0.15, 0.2) is 0 Å². The third-order valence-corrected chi connectivity index (χ3v) is 15.4. The van der Waals surface area contributed by atoms with Crippen LogP contribution in [-0.4, -0.2) is 26.6 Å². The number of allylic oxidation sites excluding steroid dienone is 2. The Kier molecular flexibility index (Phi) is 10.2. The smallest absolute Gasteiger partial charge is 1.00 e. The summed E-state index contributed by atoms with van der Waals surface area (Å²) in [4.78, 5) is 0. The molecular formula is C30H24Cl2F9SSiZr. The largest absolute Gasteiger partial charge is 1.00 e. The normalized spacial score (nSPS) is 19.9. The molecule has 3 heterocycles. The summed E-state index contributed by atoms with van der Waals surface area (Å²) in [6.07, 6.45) is -18.0. The molecule has 7 rings (SSSR count). The molecule has 14 heteroatoms. The summed E-state index contributed by atoms with van der Waals surface area (Å²) in [6.45, 7) is 9.23. The average Bonchev–Trinajstić information content (AvgIpc) is 3.54. The van der Waals surface area contributed by atoms with Gasteiger partial charge in [0.1, 0.15) is 0 Å². The molecule has 2 aliphatic heterocycles. The number of thiophene rings is 1. The quantitative estimate of drug-likeness (QED) is 0.262. The van der Waals surface area contributed by atoms with Gasteiger partial charge >= 0.3 is 181 Å². The van der Waals surface area contributed by atoms with Gasteiger partial charge in [-0.1, -0.05) is 23.9 Å². The van der Waals surface area contributed by atoms with Crippen LogP contribution in [0, 0.1) is 0 Å². The van der Waals surface area contributed by atoms with Crippen molar-refractivity contribution in [2.45, 2.75) is 60.1 Å². The molecule has 0 amide bonds. The molecule has 1 aromatic heterocycles. The van der Waals surface area contributed by atoms with E-state index in [0.29, 0.717) is 5.56 Å². The van der Waals surface area contributed by atoms with Crippen molar-refractivity contribution in [2.24, 2.45) is 0 Å². The third-order valence-electron chi connectivity index (χ3n) is 8.65. The van der Waals surface area contributed by atoms with Crippen molar-refractivity contribution >= 4 is 30.7 Å². The maximum absolute atomic E-state index is 13.3. The zero-order valence-electron chi connectivity index (χ0n) is 23.5. The van der Waals surface area contributed by atoms with Gasteiger partial charge in [-0.3, -0.25) is 0 Å². The maximum atomic E-state index is 13.3. The Bertz CT molecular complexity index is 1580. The predicted octanol–water partition coefficient (Wildman–Crippen LogP) is 4.71. The van der Waals surface area contributed by atoms with Crippen LogP contribution in [0.3, 0.4) is 0 Å². The fraction of sp³-hybridized carbons (Fsp3) is 0.333. The Labute approximate surface area is 281 Å². The Morgan fingerprint density at radius 3 is 1.75 bits per heavy atom. The first-order valence-electron chi connectivity index (χ1n) is 12.9. The second-order valence-corrected chi connectivity index (χ2v) is 18.1. The molecule has 2 unspecified atom stereocenters. The molecule has 2 bridgehead atoms. The first-order valence-corrected chi connectivity index (χ1v) is 18.3. The molecule has 2 aromatic carbocycles. The van der Waals surface area contributed by atoms with Gasteiger partial charge in [-0.25, -0.2) is 0 Å². The van der Waals surface area contributed by atoms with Crippen LogP contribution in [0.1, 0.15) is 50.8 Å². The molecule has 3 aromatic rings. The second kappa shape index (κ2) is 12.0. The van der Waals surface area contributed by atoms with E-state index in [9.17, 15) is 39.5 Å². The van der Waals surface area contributed by atoms with Crippen LogP contribution in [-0.2, 0) is 30.1 Å². The second-order valence-electron chi connectivity index (χ2n) is 11.4. The molecule has 235 valence electrons. The first-order chi connectivity index (χ1) is 19.3. The van der Waals surface area contributed by atoms with Crippen LogP contribution < -0.4 is 24.8 Å². The van der Waals surface area contributed by atoms with E-state index in [4.69, 9.17) is 0 Å². The molecule has 4 aliphatic rings. The van der Waals surface area contributed by atoms with Crippen molar-refractivity contribution in [1.29, 1.82) is 0 Å². The van der Waals surface area contributed by atoms with Crippen LogP contribution in [0.2, 0.25) is 13.1 Å². The topological polar surface area (TPSA) is 0 Å². The number of hydrogen-bond donors (Lipinski definition) is 0. The van der Waals surface area contributed by atoms with Gasteiger partial charge in [0.25, 0.3) is 0 Å². The number of hydrogen-bond acceptors (Lipinski definition) is 1. The molecule has 0 saturated carbocycles. The van der Waals surface area contributed by atoms with Crippen LogP contribution in [0.25, 0.3) is 22.4 Å².